The first-order chi connectivity index (χ1) is 14.7. The molecule has 2 saturated heterocycles. The van der Waals surface area contributed by atoms with E-state index >= 15 is 0 Å². The Hall–Kier alpha value is -2.14. The van der Waals surface area contributed by atoms with Gasteiger partial charge in [0.2, 0.25) is 5.91 Å². The number of halogens is 1. The number of carbonyl (C=O) groups is 1. The molecule has 0 bridgehead atoms. The van der Waals surface area contributed by atoms with E-state index in [1.165, 1.54) is 5.56 Å². The van der Waals surface area contributed by atoms with Crippen LogP contribution in [0.5, 0.6) is 0 Å². The van der Waals surface area contributed by atoms with Gasteiger partial charge in [0.05, 0.1) is 5.69 Å². The van der Waals surface area contributed by atoms with Crippen LogP contribution in [0.25, 0.3) is 0 Å². The first-order valence-electron chi connectivity index (χ1n) is 10.7. The van der Waals surface area contributed by atoms with E-state index in [4.69, 9.17) is 4.52 Å². The number of guanidine groups is 1. The summed E-state index contributed by atoms with van der Waals surface area (Å²) < 4.78 is 4.92. The molecule has 8 nitrogen and oxygen atoms in total. The number of anilines is 1. The van der Waals surface area contributed by atoms with Crippen LogP contribution in [0.2, 0.25) is 0 Å². The standard InChI is InChI=1S/C22H30N6O2.HI/c1-23-22(27-13-11-26(12-14-27)17-19-9-15-30-25-19)24-16-18-5-7-20(8-6-18)28-10-3-2-4-21(28)29;/h5-9,15H,2-4,10-14,16-17H2,1H3,(H,23,24);1H. The van der Waals surface area contributed by atoms with Gasteiger partial charge >= 0.3 is 0 Å². The molecule has 2 aliphatic rings. The van der Waals surface area contributed by atoms with Crippen molar-refractivity contribution in [2.45, 2.75) is 32.4 Å². The number of benzene rings is 1. The lowest BCUT2D eigenvalue weighted by Crippen LogP contribution is -2.52. The second kappa shape index (κ2) is 11.5. The average Bonchev–Trinajstić information content (AvgIpc) is 3.29. The third-order valence-corrected chi connectivity index (χ3v) is 5.78. The summed E-state index contributed by atoms with van der Waals surface area (Å²) in [6.45, 7) is 6.13. The number of hydrogen-bond acceptors (Lipinski definition) is 5. The van der Waals surface area contributed by atoms with Gasteiger partial charge in [-0.25, -0.2) is 0 Å². The average molecular weight is 538 g/mol. The van der Waals surface area contributed by atoms with E-state index in [0.717, 1.165) is 69.5 Å². The second-order valence-electron chi connectivity index (χ2n) is 7.82. The summed E-state index contributed by atoms with van der Waals surface area (Å²) in [6, 6.07) is 10.2. The Morgan fingerprint density at radius 2 is 1.87 bits per heavy atom. The molecule has 2 aromatic rings. The van der Waals surface area contributed by atoms with Gasteiger partial charge in [0.1, 0.15) is 6.26 Å². The SMILES string of the molecule is CN=C(NCc1ccc(N2CCCCC2=O)cc1)N1CCN(Cc2ccon2)CC1.I. The molecule has 2 aliphatic heterocycles. The van der Waals surface area contributed by atoms with Crippen LogP contribution >= 0.6 is 24.0 Å². The lowest BCUT2D eigenvalue weighted by molar-refractivity contribution is -0.119. The maximum atomic E-state index is 12.1. The minimum atomic E-state index is 0. The summed E-state index contributed by atoms with van der Waals surface area (Å²) >= 11 is 0. The van der Waals surface area contributed by atoms with Crippen molar-refractivity contribution in [2.24, 2.45) is 4.99 Å². The number of carbonyl (C=O) groups excluding carboxylic acids is 1. The predicted molar refractivity (Wildman–Crippen MR) is 132 cm³/mol. The number of nitrogens with one attached hydrogen (secondary N) is 1. The fraction of sp³-hybridized carbons (Fsp3) is 0.500. The number of amides is 1. The van der Waals surface area contributed by atoms with Crippen molar-refractivity contribution < 1.29 is 9.32 Å². The van der Waals surface area contributed by atoms with Gasteiger partial charge in [-0.2, -0.15) is 0 Å². The van der Waals surface area contributed by atoms with Crippen molar-refractivity contribution in [2.75, 3.05) is 44.7 Å². The van der Waals surface area contributed by atoms with E-state index in [1.807, 2.05) is 30.1 Å². The Morgan fingerprint density at radius 1 is 1.10 bits per heavy atom. The normalized spacial score (nSPS) is 18.1. The summed E-state index contributed by atoms with van der Waals surface area (Å²) in [4.78, 5) is 23.1. The zero-order chi connectivity index (χ0) is 20.8. The summed E-state index contributed by atoms with van der Waals surface area (Å²) in [6.07, 6.45) is 4.36. The topological polar surface area (TPSA) is 77.2 Å². The van der Waals surface area contributed by atoms with Gasteiger partial charge in [-0.1, -0.05) is 17.3 Å². The van der Waals surface area contributed by atoms with E-state index in [9.17, 15) is 4.79 Å². The maximum Gasteiger partial charge on any atom is 0.226 e. The molecule has 1 aromatic carbocycles. The molecule has 0 unspecified atom stereocenters. The molecule has 0 radical (unpaired) electrons. The van der Waals surface area contributed by atoms with Crippen LogP contribution in [0.1, 0.15) is 30.5 Å². The van der Waals surface area contributed by atoms with E-state index in [-0.39, 0.29) is 29.9 Å². The van der Waals surface area contributed by atoms with Crippen molar-refractivity contribution in [3.05, 3.63) is 47.9 Å². The fourth-order valence-corrected chi connectivity index (χ4v) is 4.05. The Kier molecular flexibility index (Phi) is 8.70. The van der Waals surface area contributed by atoms with Gasteiger partial charge in [0.25, 0.3) is 0 Å². The molecule has 3 heterocycles. The van der Waals surface area contributed by atoms with Crippen LogP contribution < -0.4 is 10.2 Å². The summed E-state index contributed by atoms with van der Waals surface area (Å²) in [5.74, 6) is 1.15. The minimum Gasteiger partial charge on any atom is -0.364 e. The molecule has 0 aliphatic carbocycles. The summed E-state index contributed by atoms with van der Waals surface area (Å²) in [5, 5.41) is 7.47. The van der Waals surface area contributed by atoms with E-state index in [0.29, 0.717) is 13.0 Å². The molecule has 1 aromatic heterocycles. The number of piperidine rings is 1. The Bertz CT molecular complexity index is 847. The van der Waals surface area contributed by atoms with Crippen LogP contribution in [-0.4, -0.2) is 66.6 Å². The highest BCUT2D eigenvalue weighted by Crippen LogP contribution is 2.21. The summed E-state index contributed by atoms with van der Waals surface area (Å²) in [7, 11) is 1.83. The van der Waals surface area contributed by atoms with Crippen molar-refractivity contribution in [3.8, 4) is 0 Å². The molecule has 31 heavy (non-hydrogen) atoms. The number of rotatable bonds is 5. The Labute approximate surface area is 200 Å². The van der Waals surface area contributed by atoms with E-state index in [2.05, 4.69) is 37.4 Å². The minimum absolute atomic E-state index is 0. The third kappa shape index (κ3) is 6.19. The van der Waals surface area contributed by atoms with Crippen LogP contribution in [0.3, 0.4) is 0 Å². The Morgan fingerprint density at radius 3 is 2.52 bits per heavy atom. The van der Waals surface area contributed by atoms with Crippen LogP contribution in [0, 0.1) is 0 Å². The lowest BCUT2D eigenvalue weighted by atomic mass is 10.1. The first-order valence-corrected chi connectivity index (χ1v) is 10.7. The van der Waals surface area contributed by atoms with Crippen molar-refractivity contribution in [3.63, 3.8) is 0 Å². The Balaban J connectivity index is 0.00000272. The number of aromatic nitrogens is 1. The summed E-state index contributed by atoms with van der Waals surface area (Å²) in [5.41, 5.74) is 3.14. The van der Waals surface area contributed by atoms with Crippen LogP contribution in [-0.2, 0) is 17.9 Å². The molecule has 0 saturated carbocycles. The number of piperazine rings is 1. The van der Waals surface area contributed by atoms with Gasteiger partial charge in [-0.15, -0.1) is 24.0 Å². The van der Waals surface area contributed by atoms with Gasteiger partial charge in [0, 0.05) is 71.0 Å². The highest BCUT2D eigenvalue weighted by Gasteiger charge is 2.21. The lowest BCUT2D eigenvalue weighted by Gasteiger charge is -2.36. The van der Waals surface area contributed by atoms with Gasteiger partial charge in [0.15, 0.2) is 5.96 Å². The predicted octanol–water partition coefficient (Wildman–Crippen LogP) is 2.70. The van der Waals surface area contributed by atoms with E-state index in [1.54, 1.807) is 6.26 Å². The number of hydrogen-bond donors (Lipinski definition) is 1. The largest absolute Gasteiger partial charge is 0.364 e. The second-order valence-corrected chi connectivity index (χ2v) is 7.82. The molecular formula is C22H31IN6O2. The van der Waals surface area contributed by atoms with Gasteiger partial charge in [-0.3, -0.25) is 14.7 Å². The number of nitrogens with zero attached hydrogens (tertiary/aromatic N) is 5. The molecule has 2 fully saturated rings. The molecule has 9 heteroatoms. The molecule has 4 rings (SSSR count). The molecule has 0 atom stereocenters. The highest BCUT2D eigenvalue weighted by atomic mass is 127. The van der Waals surface area contributed by atoms with Gasteiger partial charge < -0.3 is 19.6 Å². The smallest absolute Gasteiger partial charge is 0.226 e. The third-order valence-electron chi connectivity index (χ3n) is 5.78. The maximum absolute atomic E-state index is 12.1. The zero-order valence-electron chi connectivity index (χ0n) is 18.0. The molecule has 0 spiro atoms. The van der Waals surface area contributed by atoms with Gasteiger partial charge in [-0.05, 0) is 30.5 Å². The van der Waals surface area contributed by atoms with Crippen molar-refractivity contribution in [1.82, 2.24) is 20.3 Å². The fourth-order valence-electron chi connectivity index (χ4n) is 4.05. The zero-order valence-corrected chi connectivity index (χ0v) is 20.3. The van der Waals surface area contributed by atoms with Crippen LogP contribution in [0.4, 0.5) is 5.69 Å². The van der Waals surface area contributed by atoms with E-state index < -0.39 is 0 Å². The molecule has 168 valence electrons. The molecule has 1 N–H and O–H groups in total. The monoisotopic (exact) mass is 538 g/mol. The first kappa shape index (κ1) is 23.5. The van der Waals surface area contributed by atoms with Crippen LogP contribution in [0.15, 0.2) is 46.1 Å². The highest BCUT2D eigenvalue weighted by molar-refractivity contribution is 14.0. The number of aliphatic imine (C=N–C) groups is 1. The molecular weight excluding hydrogens is 507 g/mol. The van der Waals surface area contributed by atoms with Crippen molar-refractivity contribution in [1.29, 1.82) is 0 Å². The quantitative estimate of drug-likeness (QED) is 0.359. The van der Waals surface area contributed by atoms with Crippen molar-refractivity contribution >= 4 is 41.5 Å². The molecule has 1 amide bonds.